The molecule has 1 aliphatic carbocycles. The van der Waals surface area contributed by atoms with E-state index < -0.39 is 0 Å². The number of hydrogen-bond acceptors (Lipinski definition) is 6. The maximum absolute atomic E-state index is 6.15. The maximum Gasteiger partial charge on any atom is 0.225 e. The average Bonchev–Trinajstić information content (AvgIpc) is 3.26. The lowest BCUT2D eigenvalue weighted by atomic mass is 9.88. The van der Waals surface area contributed by atoms with Gasteiger partial charge in [0.25, 0.3) is 0 Å². The number of anilines is 1. The largest absolute Gasteiger partial charge is 0.489 e. The summed E-state index contributed by atoms with van der Waals surface area (Å²) in [6.07, 6.45) is 11.9. The van der Waals surface area contributed by atoms with Gasteiger partial charge in [0.1, 0.15) is 12.4 Å². The van der Waals surface area contributed by atoms with Gasteiger partial charge in [0.05, 0.1) is 43.1 Å². The molecule has 34 heavy (non-hydrogen) atoms. The predicted molar refractivity (Wildman–Crippen MR) is 135 cm³/mol. The van der Waals surface area contributed by atoms with E-state index in [2.05, 4.69) is 70.5 Å². The van der Waals surface area contributed by atoms with E-state index >= 15 is 0 Å². The van der Waals surface area contributed by atoms with E-state index in [-0.39, 0.29) is 6.10 Å². The van der Waals surface area contributed by atoms with Crippen molar-refractivity contribution in [3.63, 3.8) is 0 Å². The molecule has 0 spiro atoms. The van der Waals surface area contributed by atoms with Crippen LogP contribution in [0.15, 0.2) is 88.9 Å². The van der Waals surface area contributed by atoms with Crippen LogP contribution in [0.4, 0.5) is 5.69 Å². The molecule has 0 bridgehead atoms. The highest BCUT2D eigenvalue weighted by atomic mass is 16.5. The number of quaternary nitrogens is 1. The van der Waals surface area contributed by atoms with Crippen molar-refractivity contribution >= 4 is 18.2 Å². The first-order chi connectivity index (χ1) is 16.6. The second-order valence-corrected chi connectivity index (χ2v) is 9.17. The molecule has 0 aromatic heterocycles. The van der Waals surface area contributed by atoms with E-state index in [1.54, 1.807) is 0 Å². The summed E-state index contributed by atoms with van der Waals surface area (Å²) in [4.78, 5) is 11.0. The molecule has 176 valence electrons. The zero-order valence-electron chi connectivity index (χ0n) is 19.8. The molecule has 1 fully saturated rings. The minimum absolute atomic E-state index is 0.276. The van der Waals surface area contributed by atoms with Crippen LogP contribution in [0.25, 0.3) is 0 Å². The minimum Gasteiger partial charge on any atom is -0.489 e. The third kappa shape index (κ3) is 4.68. The Morgan fingerprint density at radius 2 is 1.88 bits per heavy atom. The summed E-state index contributed by atoms with van der Waals surface area (Å²) in [5.74, 6) is 0.846. The van der Waals surface area contributed by atoms with Gasteiger partial charge >= 0.3 is 0 Å². The highest BCUT2D eigenvalue weighted by Crippen LogP contribution is 2.41. The topological polar surface area (TPSA) is 49.7 Å². The van der Waals surface area contributed by atoms with Crippen molar-refractivity contribution in [3.8, 4) is 5.75 Å². The number of likely N-dealkylation sites (N-methyl/N-ethyl adjacent to an activating group) is 1. The van der Waals surface area contributed by atoms with E-state index in [9.17, 15) is 0 Å². The summed E-state index contributed by atoms with van der Waals surface area (Å²) in [6, 6.07) is 18.9. The SMILES string of the molecule is CN(C)CCOC1CC(N(c2cccc(OCc3ccccc3)c2)[N+]23C=CN=CC2=CN=C3)C1. The number of allylic oxidation sites excluding steroid dienone is 1. The molecule has 0 N–H and O–H groups in total. The molecule has 2 aromatic carbocycles. The predicted octanol–water partition coefficient (Wildman–Crippen LogP) is 4.35. The molecule has 5 rings (SSSR count). The Labute approximate surface area is 201 Å². The van der Waals surface area contributed by atoms with Gasteiger partial charge in [-0.05, 0) is 44.6 Å². The van der Waals surface area contributed by atoms with Crippen molar-refractivity contribution in [2.45, 2.75) is 31.6 Å². The Kier molecular flexibility index (Phi) is 6.58. The molecule has 3 aliphatic rings. The van der Waals surface area contributed by atoms with Crippen molar-refractivity contribution in [1.82, 2.24) is 4.90 Å². The fraction of sp³-hybridized carbons (Fsp3) is 0.333. The van der Waals surface area contributed by atoms with Gasteiger partial charge in [-0.3, -0.25) is 4.99 Å². The monoisotopic (exact) mass is 458 g/mol. The van der Waals surface area contributed by atoms with Gasteiger partial charge in [0, 0.05) is 12.6 Å². The molecular formula is C27H32N5O2+. The average molecular weight is 459 g/mol. The molecule has 7 nitrogen and oxygen atoms in total. The van der Waals surface area contributed by atoms with Gasteiger partial charge in [0.2, 0.25) is 12.0 Å². The molecule has 2 heterocycles. The third-order valence-corrected chi connectivity index (χ3v) is 6.44. The molecular weight excluding hydrogens is 426 g/mol. The summed E-state index contributed by atoms with van der Waals surface area (Å²) in [5.41, 5.74) is 3.26. The Balaban J connectivity index is 1.37. The van der Waals surface area contributed by atoms with Crippen LogP contribution >= 0.6 is 0 Å². The first-order valence-electron chi connectivity index (χ1n) is 11.8. The Bertz CT molecular complexity index is 1110. The van der Waals surface area contributed by atoms with E-state index in [0.29, 0.717) is 17.2 Å². The molecule has 2 aromatic rings. The van der Waals surface area contributed by atoms with E-state index in [1.807, 2.05) is 49.2 Å². The molecule has 2 aliphatic heterocycles. The van der Waals surface area contributed by atoms with Crippen molar-refractivity contribution in [1.29, 1.82) is 0 Å². The second-order valence-electron chi connectivity index (χ2n) is 9.17. The fourth-order valence-electron chi connectivity index (χ4n) is 4.54. The third-order valence-electron chi connectivity index (χ3n) is 6.44. The van der Waals surface area contributed by atoms with Gasteiger partial charge < -0.3 is 14.4 Å². The number of benzene rings is 2. The second kappa shape index (κ2) is 9.93. The summed E-state index contributed by atoms with van der Waals surface area (Å²) >= 11 is 0. The quantitative estimate of drug-likeness (QED) is 0.497. The summed E-state index contributed by atoms with van der Waals surface area (Å²) in [5, 5.41) is 2.41. The molecule has 1 atom stereocenters. The van der Waals surface area contributed by atoms with Crippen molar-refractivity contribution < 1.29 is 14.1 Å². The van der Waals surface area contributed by atoms with Gasteiger partial charge in [-0.25, -0.2) is 10.0 Å². The smallest absolute Gasteiger partial charge is 0.225 e. The van der Waals surface area contributed by atoms with Crippen LogP contribution < -0.4 is 9.75 Å². The van der Waals surface area contributed by atoms with E-state index in [4.69, 9.17) is 9.47 Å². The van der Waals surface area contributed by atoms with Gasteiger partial charge in [0.15, 0.2) is 6.20 Å². The normalized spacial score (nSPS) is 24.6. The van der Waals surface area contributed by atoms with Crippen molar-refractivity contribution in [3.05, 3.63) is 84.5 Å². The number of aliphatic imine (C=N–C) groups is 2. The fourth-order valence-corrected chi connectivity index (χ4v) is 4.54. The molecule has 0 amide bonds. The summed E-state index contributed by atoms with van der Waals surface area (Å²) < 4.78 is 12.7. The number of rotatable bonds is 10. The zero-order valence-corrected chi connectivity index (χ0v) is 19.8. The van der Waals surface area contributed by atoms with Crippen LogP contribution in [0, 0.1) is 0 Å². The Hall–Kier alpha value is -3.26. The Morgan fingerprint density at radius 1 is 1.03 bits per heavy atom. The van der Waals surface area contributed by atoms with Gasteiger partial charge in [-0.15, -0.1) is 4.59 Å². The number of ether oxygens (including phenoxy) is 2. The molecule has 1 saturated carbocycles. The van der Waals surface area contributed by atoms with E-state index in [0.717, 1.165) is 48.7 Å². The van der Waals surface area contributed by atoms with Gasteiger partial charge in [-0.1, -0.05) is 36.4 Å². The molecule has 1 unspecified atom stereocenters. The molecule has 0 saturated heterocycles. The van der Waals surface area contributed by atoms with Crippen LogP contribution in [0.5, 0.6) is 5.75 Å². The maximum atomic E-state index is 6.15. The van der Waals surface area contributed by atoms with Crippen LogP contribution in [0.1, 0.15) is 18.4 Å². The zero-order chi connectivity index (χ0) is 23.4. The standard InChI is InChI=1S/C27H32N5O2/c1-30(2)12-14-33-27-16-24(17-27)31(32-13-11-28-18-25(32)19-29-21-32)23-9-6-10-26(15-23)34-20-22-7-4-3-5-8-22/h3-11,13,15,18-19,21,24,27H,12,14,16-17,20H2,1-2H3/q+1. The van der Waals surface area contributed by atoms with Crippen molar-refractivity contribution in [2.75, 3.05) is 32.3 Å². The first kappa shape index (κ1) is 22.5. The summed E-state index contributed by atoms with van der Waals surface area (Å²) in [7, 11) is 4.14. The highest BCUT2D eigenvalue weighted by Gasteiger charge is 2.49. The molecule has 0 radical (unpaired) electrons. The van der Waals surface area contributed by atoms with Gasteiger partial charge in [-0.2, -0.15) is 0 Å². The van der Waals surface area contributed by atoms with E-state index in [1.165, 1.54) is 0 Å². The number of nitrogens with zero attached hydrogens (tertiary/aromatic N) is 5. The van der Waals surface area contributed by atoms with Crippen molar-refractivity contribution in [2.24, 2.45) is 9.98 Å². The Morgan fingerprint density at radius 3 is 2.71 bits per heavy atom. The summed E-state index contributed by atoms with van der Waals surface area (Å²) in [6.45, 7) is 2.23. The lowest BCUT2D eigenvalue weighted by molar-refractivity contribution is -0.747. The minimum atomic E-state index is 0.276. The molecule has 7 heteroatoms. The highest BCUT2D eigenvalue weighted by molar-refractivity contribution is 5.82. The first-order valence-corrected chi connectivity index (χ1v) is 11.8. The lowest BCUT2D eigenvalue weighted by Crippen LogP contribution is -2.63. The van der Waals surface area contributed by atoms with Crippen LogP contribution in [0.3, 0.4) is 0 Å². The number of hydrogen-bond donors (Lipinski definition) is 0. The lowest BCUT2D eigenvalue weighted by Gasteiger charge is -2.49. The van der Waals surface area contributed by atoms with Crippen LogP contribution in [0.2, 0.25) is 0 Å². The number of fused-ring (bicyclic) bond motifs is 1. The van der Waals surface area contributed by atoms with Crippen LogP contribution in [-0.4, -0.2) is 61.4 Å². The van der Waals surface area contributed by atoms with Crippen LogP contribution in [-0.2, 0) is 11.3 Å².